The second kappa shape index (κ2) is 9.37. The number of carbonyl (C=O) groups is 2. The molecule has 1 aliphatic heterocycles. The Kier molecular flexibility index (Phi) is 6.21. The van der Waals surface area contributed by atoms with Crippen LogP contribution in [0.4, 0.5) is 5.13 Å². The SMILES string of the molecule is COc1ccc(C2/C(=C(\O)c3ccc(C)cc3)C(=O)C(=O)N2c2nc3c(C)cc(C)cc3s2)cc1OC. The number of nitrogens with zero attached hydrogens (tertiary/aromatic N) is 2. The van der Waals surface area contributed by atoms with Crippen LogP contribution in [0.3, 0.4) is 0 Å². The lowest BCUT2D eigenvalue weighted by molar-refractivity contribution is -0.132. The molecule has 188 valence electrons. The fourth-order valence-corrected chi connectivity index (χ4v) is 5.87. The molecule has 1 aromatic heterocycles. The molecule has 5 rings (SSSR count). The number of amides is 1. The highest BCUT2D eigenvalue weighted by molar-refractivity contribution is 7.22. The summed E-state index contributed by atoms with van der Waals surface area (Å²) in [5, 5.41) is 11.7. The molecule has 1 saturated heterocycles. The lowest BCUT2D eigenvalue weighted by Gasteiger charge is -2.23. The average molecular weight is 515 g/mol. The topological polar surface area (TPSA) is 89.0 Å². The quantitative estimate of drug-likeness (QED) is 0.204. The minimum Gasteiger partial charge on any atom is -0.507 e. The van der Waals surface area contributed by atoms with Gasteiger partial charge in [0.05, 0.1) is 36.1 Å². The van der Waals surface area contributed by atoms with Crippen LogP contribution in [0.25, 0.3) is 16.0 Å². The second-order valence-corrected chi connectivity index (χ2v) is 10.1. The van der Waals surface area contributed by atoms with Crippen LogP contribution in [0, 0.1) is 20.8 Å². The fourth-order valence-electron chi connectivity index (χ4n) is 4.70. The second-order valence-electron chi connectivity index (χ2n) is 9.07. The fraction of sp³-hybridized carbons (Fsp3) is 0.207. The lowest BCUT2D eigenvalue weighted by Crippen LogP contribution is -2.29. The Balaban J connectivity index is 1.76. The predicted molar refractivity (Wildman–Crippen MR) is 145 cm³/mol. The Hall–Kier alpha value is -4.17. The summed E-state index contributed by atoms with van der Waals surface area (Å²) < 4.78 is 11.8. The van der Waals surface area contributed by atoms with Crippen LogP contribution in [-0.4, -0.2) is 36.0 Å². The Morgan fingerprint density at radius 2 is 1.62 bits per heavy atom. The van der Waals surface area contributed by atoms with Crippen molar-refractivity contribution in [1.82, 2.24) is 4.98 Å². The number of ether oxygens (including phenoxy) is 2. The first-order chi connectivity index (χ1) is 17.7. The van der Waals surface area contributed by atoms with Gasteiger partial charge in [-0.2, -0.15) is 0 Å². The standard InChI is InChI=1S/C29H26N2O5S/c1-15-6-8-18(9-7-15)26(32)23-25(19-10-11-20(35-4)21(14-19)36-5)31(28(34)27(23)33)29-30-24-17(3)12-16(2)13-22(24)37-29/h6-14,25,32H,1-5H3/b26-23+. The Morgan fingerprint density at radius 3 is 2.30 bits per heavy atom. The number of aliphatic hydroxyl groups excluding tert-OH is 1. The van der Waals surface area contributed by atoms with E-state index in [1.165, 1.54) is 30.5 Å². The van der Waals surface area contributed by atoms with Gasteiger partial charge in [-0.3, -0.25) is 14.5 Å². The molecular weight excluding hydrogens is 488 g/mol. The molecule has 1 atom stereocenters. The number of aliphatic hydroxyl groups is 1. The third-order valence-electron chi connectivity index (χ3n) is 6.52. The van der Waals surface area contributed by atoms with Crippen molar-refractivity contribution in [3.63, 3.8) is 0 Å². The van der Waals surface area contributed by atoms with E-state index in [0.29, 0.717) is 27.8 Å². The highest BCUT2D eigenvalue weighted by Gasteiger charge is 2.48. The molecule has 1 unspecified atom stereocenters. The maximum absolute atomic E-state index is 13.5. The van der Waals surface area contributed by atoms with Gasteiger partial charge in [0.2, 0.25) is 0 Å². The van der Waals surface area contributed by atoms with Gasteiger partial charge >= 0.3 is 5.91 Å². The number of anilines is 1. The molecule has 2 heterocycles. The number of rotatable bonds is 5. The normalized spacial score (nSPS) is 17.0. The van der Waals surface area contributed by atoms with E-state index in [-0.39, 0.29) is 11.3 Å². The van der Waals surface area contributed by atoms with Crippen molar-refractivity contribution in [3.05, 3.63) is 88.0 Å². The minimum absolute atomic E-state index is 0.00627. The van der Waals surface area contributed by atoms with Gasteiger partial charge in [0.25, 0.3) is 5.78 Å². The van der Waals surface area contributed by atoms with Crippen molar-refractivity contribution in [2.75, 3.05) is 19.1 Å². The van der Waals surface area contributed by atoms with E-state index in [9.17, 15) is 14.7 Å². The van der Waals surface area contributed by atoms with Crippen LogP contribution in [0.5, 0.6) is 11.5 Å². The van der Waals surface area contributed by atoms with Gasteiger partial charge in [-0.25, -0.2) is 4.98 Å². The average Bonchev–Trinajstić information content (AvgIpc) is 3.42. The van der Waals surface area contributed by atoms with Gasteiger partial charge in [0.1, 0.15) is 5.76 Å². The predicted octanol–water partition coefficient (Wildman–Crippen LogP) is 5.87. The third-order valence-corrected chi connectivity index (χ3v) is 7.52. The van der Waals surface area contributed by atoms with Gasteiger partial charge in [-0.15, -0.1) is 0 Å². The molecule has 0 bridgehead atoms. The number of Topliss-reactive ketones (excluding diaryl/α,β-unsaturated/α-hetero) is 1. The number of methoxy groups -OCH3 is 2. The van der Waals surface area contributed by atoms with Crippen molar-refractivity contribution in [1.29, 1.82) is 0 Å². The maximum Gasteiger partial charge on any atom is 0.301 e. The zero-order valence-electron chi connectivity index (χ0n) is 21.2. The van der Waals surface area contributed by atoms with Crippen LogP contribution >= 0.6 is 11.3 Å². The highest BCUT2D eigenvalue weighted by atomic mass is 32.1. The molecule has 4 aromatic rings. The molecule has 0 spiro atoms. The van der Waals surface area contributed by atoms with E-state index in [0.717, 1.165) is 26.9 Å². The van der Waals surface area contributed by atoms with Crippen LogP contribution in [0.15, 0.2) is 60.2 Å². The summed E-state index contributed by atoms with van der Waals surface area (Å²) in [7, 11) is 3.05. The molecule has 37 heavy (non-hydrogen) atoms. The molecule has 1 aliphatic rings. The van der Waals surface area contributed by atoms with E-state index in [1.54, 1.807) is 30.3 Å². The molecule has 1 N–H and O–H groups in total. The zero-order chi connectivity index (χ0) is 26.4. The molecule has 7 nitrogen and oxygen atoms in total. The molecular formula is C29H26N2O5S. The summed E-state index contributed by atoms with van der Waals surface area (Å²) in [4.78, 5) is 33.2. The molecule has 1 amide bonds. The van der Waals surface area contributed by atoms with Crippen LogP contribution in [0.2, 0.25) is 0 Å². The van der Waals surface area contributed by atoms with E-state index in [4.69, 9.17) is 14.5 Å². The third kappa shape index (κ3) is 4.13. The summed E-state index contributed by atoms with van der Waals surface area (Å²) in [6.07, 6.45) is 0. The molecule has 1 fully saturated rings. The smallest absolute Gasteiger partial charge is 0.301 e. The van der Waals surface area contributed by atoms with Crippen LogP contribution in [-0.2, 0) is 9.59 Å². The number of benzene rings is 3. The van der Waals surface area contributed by atoms with E-state index >= 15 is 0 Å². The number of carbonyl (C=O) groups excluding carboxylic acids is 2. The molecule has 8 heteroatoms. The summed E-state index contributed by atoms with van der Waals surface area (Å²) in [5.41, 5.74) is 4.87. The number of thiazole rings is 1. The largest absolute Gasteiger partial charge is 0.507 e. The van der Waals surface area contributed by atoms with Crippen molar-refractivity contribution in [2.24, 2.45) is 0 Å². The number of aromatic nitrogens is 1. The summed E-state index contributed by atoms with van der Waals surface area (Å²) in [5.74, 6) is -0.815. The lowest BCUT2D eigenvalue weighted by atomic mass is 9.95. The van der Waals surface area contributed by atoms with Crippen LogP contribution < -0.4 is 14.4 Å². The number of hydrogen-bond donors (Lipinski definition) is 1. The highest BCUT2D eigenvalue weighted by Crippen LogP contribution is 2.46. The van der Waals surface area contributed by atoms with E-state index in [2.05, 4.69) is 0 Å². The minimum atomic E-state index is -0.914. The van der Waals surface area contributed by atoms with Crippen molar-refractivity contribution in [2.45, 2.75) is 26.8 Å². The van der Waals surface area contributed by atoms with E-state index < -0.39 is 17.7 Å². The Bertz CT molecular complexity index is 1590. The Morgan fingerprint density at radius 1 is 0.919 bits per heavy atom. The number of hydrogen-bond acceptors (Lipinski definition) is 7. The molecule has 0 radical (unpaired) electrons. The van der Waals surface area contributed by atoms with Gasteiger partial charge in [0.15, 0.2) is 16.6 Å². The van der Waals surface area contributed by atoms with Crippen molar-refractivity contribution in [3.8, 4) is 11.5 Å². The molecule has 0 saturated carbocycles. The van der Waals surface area contributed by atoms with Crippen molar-refractivity contribution < 1.29 is 24.2 Å². The van der Waals surface area contributed by atoms with Gasteiger partial charge in [-0.1, -0.05) is 53.3 Å². The summed E-state index contributed by atoms with van der Waals surface area (Å²) >= 11 is 1.34. The number of fused-ring (bicyclic) bond motifs is 1. The molecule has 0 aliphatic carbocycles. The van der Waals surface area contributed by atoms with Crippen molar-refractivity contribution >= 4 is 44.1 Å². The first-order valence-corrected chi connectivity index (χ1v) is 12.5. The van der Waals surface area contributed by atoms with E-state index in [1.807, 2.05) is 45.0 Å². The first kappa shape index (κ1) is 24.5. The van der Waals surface area contributed by atoms with Crippen LogP contribution in [0.1, 0.15) is 33.9 Å². The summed E-state index contributed by atoms with van der Waals surface area (Å²) in [6, 6.07) is 15.5. The molecule has 3 aromatic carbocycles. The Labute approximate surface area is 218 Å². The first-order valence-electron chi connectivity index (χ1n) is 11.7. The van der Waals surface area contributed by atoms with Gasteiger partial charge < -0.3 is 14.6 Å². The summed E-state index contributed by atoms with van der Waals surface area (Å²) in [6.45, 7) is 5.91. The monoisotopic (exact) mass is 514 g/mol. The number of aryl methyl sites for hydroxylation is 3. The zero-order valence-corrected chi connectivity index (χ0v) is 22.0. The van der Waals surface area contributed by atoms with Gasteiger partial charge in [-0.05, 0) is 55.7 Å². The maximum atomic E-state index is 13.5. The van der Waals surface area contributed by atoms with Gasteiger partial charge in [0, 0.05) is 5.56 Å². The number of ketones is 1.